The van der Waals surface area contributed by atoms with Gasteiger partial charge in [0.15, 0.2) is 0 Å². The van der Waals surface area contributed by atoms with Crippen molar-refractivity contribution in [1.29, 1.82) is 0 Å². The number of hydrogen-bond acceptors (Lipinski definition) is 6. The molecule has 0 unspecified atom stereocenters. The second kappa shape index (κ2) is 10.5. The molecule has 0 aliphatic carbocycles. The van der Waals surface area contributed by atoms with Gasteiger partial charge >= 0.3 is 5.69 Å². The van der Waals surface area contributed by atoms with Crippen molar-refractivity contribution in [3.05, 3.63) is 92.8 Å². The van der Waals surface area contributed by atoms with Gasteiger partial charge < -0.3 is 9.73 Å². The molecule has 2 aromatic carbocycles. The minimum atomic E-state index is -4.23. The van der Waals surface area contributed by atoms with E-state index in [2.05, 4.69) is 5.32 Å². The molecular weight excluding hydrogens is 546 g/mol. The summed E-state index contributed by atoms with van der Waals surface area (Å²) in [5, 5.41) is 2.50. The molecule has 5 rings (SSSR count). The van der Waals surface area contributed by atoms with E-state index in [0.717, 1.165) is 21.0 Å². The van der Waals surface area contributed by atoms with Gasteiger partial charge in [0.2, 0.25) is 11.0 Å². The van der Waals surface area contributed by atoms with E-state index in [9.17, 15) is 31.6 Å². The van der Waals surface area contributed by atoms with Crippen LogP contribution in [0.3, 0.4) is 0 Å². The molecule has 40 heavy (non-hydrogen) atoms. The van der Waals surface area contributed by atoms with Crippen molar-refractivity contribution in [2.75, 3.05) is 6.54 Å². The monoisotopic (exact) mass is 572 g/mol. The molecule has 4 aromatic rings. The minimum absolute atomic E-state index is 0.0709. The maximum atomic E-state index is 13.6. The smallest absolute Gasteiger partial charge is 0.335 e. The highest BCUT2D eigenvalue weighted by atomic mass is 32.2. The second-order valence-corrected chi connectivity index (χ2v) is 11.6. The first-order valence-corrected chi connectivity index (χ1v) is 14.0. The summed E-state index contributed by atoms with van der Waals surface area (Å²) < 4.78 is 62.4. The molecule has 0 radical (unpaired) electrons. The molecule has 1 N–H and O–H groups in total. The first-order valence-electron chi connectivity index (χ1n) is 12.6. The number of carbonyl (C=O) groups excluding carboxylic acids is 1. The van der Waals surface area contributed by atoms with Crippen LogP contribution in [0.5, 0.6) is 0 Å². The van der Waals surface area contributed by atoms with Crippen LogP contribution in [0.4, 0.5) is 8.78 Å². The summed E-state index contributed by atoms with van der Waals surface area (Å²) in [4.78, 5) is 39.3. The Balaban J connectivity index is 1.41. The molecule has 1 amide bonds. The van der Waals surface area contributed by atoms with Gasteiger partial charge in [-0.1, -0.05) is 0 Å². The first kappa shape index (κ1) is 27.5. The van der Waals surface area contributed by atoms with Gasteiger partial charge in [0.1, 0.15) is 23.3 Å². The maximum absolute atomic E-state index is 13.6. The van der Waals surface area contributed by atoms with Gasteiger partial charge in [-0.15, -0.1) is 0 Å². The van der Waals surface area contributed by atoms with Crippen LogP contribution in [0.2, 0.25) is 0 Å². The highest BCUT2D eigenvalue weighted by Gasteiger charge is 2.41. The highest BCUT2D eigenvalue weighted by molar-refractivity contribution is 7.89. The summed E-state index contributed by atoms with van der Waals surface area (Å²) >= 11 is 0. The minimum Gasteiger partial charge on any atom is -0.443 e. The Labute approximate surface area is 227 Å². The van der Waals surface area contributed by atoms with E-state index < -0.39 is 56.0 Å². The Morgan fingerprint density at radius 1 is 1.07 bits per heavy atom. The van der Waals surface area contributed by atoms with Crippen molar-refractivity contribution in [1.82, 2.24) is 18.8 Å². The molecule has 1 aliphatic rings. The number of hydrogen-bond donors (Lipinski definition) is 1. The molecule has 1 fully saturated rings. The number of halogens is 2. The Morgan fingerprint density at radius 3 is 2.48 bits per heavy atom. The van der Waals surface area contributed by atoms with Crippen LogP contribution in [0.15, 0.2) is 73.8 Å². The van der Waals surface area contributed by atoms with Crippen molar-refractivity contribution in [3.8, 4) is 5.69 Å². The second-order valence-electron chi connectivity index (χ2n) is 9.79. The molecule has 13 heteroatoms. The zero-order valence-corrected chi connectivity index (χ0v) is 22.5. The molecule has 0 spiro atoms. The standard InChI is InChI=1S/C27H26F2N4O6S/c1-16(2)33-26(35)18(15-31(27(33)36)21-8-5-19(28)6-9-21)14-30-25(34)22-4-3-11-32(22)40(37,38)24-13-17-12-20(29)7-10-23(17)39-24/h5-10,12-13,15-16,22H,3-4,11,14H2,1-2H3,(H,30,34)/t22-/m0/s1. The van der Waals surface area contributed by atoms with Crippen molar-refractivity contribution >= 4 is 26.9 Å². The van der Waals surface area contributed by atoms with E-state index in [4.69, 9.17) is 4.42 Å². The van der Waals surface area contributed by atoms with Crippen molar-refractivity contribution < 1.29 is 26.4 Å². The lowest BCUT2D eigenvalue weighted by Crippen LogP contribution is -2.47. The first-order chi connectivity index (χ1) is 19.0. The number of amides is 1. The number of fused-ring (bicyclic) bond motifs is 1. The van der Waals surface area contributed by atoms with Crippen LogP contribution in [0.1, 0.15) is 38.3 Å². The number of rotatable bonds is 7. The predicted molar refractivity (Wildman–Crippen MR) is 142 cm³/mol. The number of carbonyl (C=O) groups is 1. The Kier molecular flexibility index (Phi) is 7.19. The molecule has 3 heterocycles. The largest absolute Gasteiger partial charge is 0.443 e. The van der Waals surface area contributed by atoms with Gasteiger partial charge in [-0.25, -0.2) is 22.0 Å². The van der Waals surface area contributed by atoms with E-state index in [-0.39, 0.29) is 36.0 Å². The van der Waals surface area contributed by atoms with Crippen LogP contribution < -0.4 is 16.6 Å². The maximum Gasteiger partial charge on any atom is 0.335 e. The molecule has 0 saturated carbocycles. The third-order valence-corrected chi connectivity index (χ3v) is 8.55. The van der Waals surface area contributed by atoms with Gasteiger partial charge in [0, 0.05) is 36.8 Å². The SMILES string of the molecule is CC(C)n1c(=O)c(CNC(=O)[C@@H]2CCCN2S(=O)(=O)c2cc3cc(F)ccc3o2)cn(-c2ccc(F)cc2)c1=O. The lowest BCUT2D eigenvalue weighted by molar-refractivity contribution is -0.124. The summed E-state index contributed by atoms with van der Waals surface area (Å²) in [7, 11) is -4.23. The fourth-order valence-electron chi connectivity index (χ4n) is 4.81. The number of benzene rings is 2. The van der Waals surface area contributed by atoms with Gasteiger partial charge in [-0.05, 0) is 69.2 Å². The fourth-order valence-corrected chi connectivity index (χ4v) is 6.42. The summed E-state index contributed by atoms with van der Waals surface area (Å²) in [6, 6.07) is 8.43. The van der Waals surface area contributed by atoms with E-state index in [1.807, 2.05) is 0 Å². The Bertz CT molecular complexity index is 1830. The van der Waals surface area contributed by atoms with E-state index in [1.54, 1.807) is 13.8 Å². The Morgan fingerprint density at radius 2 is 1.77 bits per heavy atom. The summed E-state index contributed by atoms with van der Waals surface area (Å²) in [6.07, 6.45) is 1.95. The number of nitrogens with one attached hydrogen (secondary N) is 1. The van der Waals surface area contributed by atoms with Crippen LogP contribution >= 0.6 is 0 Å². The van der Waals surface area contributed by atoms with E-state index >= 15 is 0 Å². The molecular formula is C27H26F2N4O6S. The molecule has 1 saturated heterocycles. The lowest BCUT2D eigenvalue weighted by Gasteiger charge is -2.22. The number of nitrogens with zero attached hydrogens (tertiary/aromatic N) is 3. The van der Waals surface area contributed by atoms with Gasteiger partial charge in [-0.3, -0.25) is 18.7 Å². The van der Waals surface area contributed by atoms with Crippen molar-refractivity contribution in [2.24, 2.45) is 0 Å². The zero-order valence-electron chi connectivity index (χ0n) is 21.6. The molecule has 10 nitrogen and oxygen atoms in total. The van der Waals surface area contributed by atoms with Crippen LogP contribution in [-0.2, 0) is 21.4 Å². The number of furan rings is 1. The van der Waals surface area contributed by atoms with Crippen molar-refractivity contribution in [3.63, 3.8) is 0 Å². The number of aromatic nitrogens is 2. The average Bonchev–Trinajstić information content (AvgIpc) is 3.57. The van der Waals surface area contributed by atoms with Gasteiger partial charge in [0.25, 0.3) is 15.6 Å². The molecule has 210 valence electrons. The van der Waals surface area contributed by atoms with E-state index in [0.29, 0.717) is 12.1 Å². The van der Waals surface area contributed by atoms with Gasteiger partial charge in [0.05, 0.1) is 11.3 Å². The molecule has 1 atom stereocenters. The van der Waals surface area contributed by atoms with Crippen LogP contribution in [0, 0.1) is 11.6 Å². The zero-order chi connectivity index (χ0) is 28.8. The number of sulfonamides is 1. The quantitative estimate of drug-likeness (QED) is 0.363. The van der Waals surface area contributed by atoms with Crippen LogP contribution in [0.25, 0.3) is 16.7 Å². The topological polar surface area (TPSA) is 124 Å². The van der Waals surface area contributed by atoms with Crippen molar-refractivity contribution in [2.45, 2.75) is 50.4 Å². The third kappa shape index (κ3) is 4.97. The normalized spacial score (nSPS) is 16.2. The predicted octanol–water partition coefficient (Wildman–Crippen LogP) is 3.07. The Hall–Kier alpha value is -4.10. The lowest BCUT2D eigenvalue weighted by atomic mass is 10.2. The van der Waals surface area contributed by atoms with E-state index in [1.165, 1.54) is 47.2 Å². The highest BCUT2D eigenvalue weighted by Crippen LogP contribution is 2.30. The summed E-state index contributed by atoms with van der Waals surface area (Å²) in [5.74, 6) is -1.66. The fraction of sp³-hybridized carbons (Fsp3) is 0.296. The molecule has 2 aromatic heterocycles. The molecule has 1 aliphatic heterocycles. The third-order valence-electron chi connectivity index (χ3n) is 6.79. The average molecular weight is 573 g/mol. The van der Waals surface area contributed by atoms with Gasteiger partial charge in [-0.2, -0.15) is 4.31 Å². The molecule has 0 bridgehead atoms. The summed E-state index contributed by atoms with van der Waals surface area (Å²) in [6.45, 7) is 3.11. The van der Waals surface area contributed by atoms with Crippen LogP contribution in [-0.4, -0.2) is 40.4 Å². The summed E-state index contributed by atoms with van der Waals surface area (Å²) in [5.41, 5.74) is -0.632.